The number of nitrogens with zero attached hydrogens (tertiary/aromatic N) is 3. The number of pyridine rings is 1. The zero-order valence-electron chi connectivity index (χ0n) is 13.8. The first-order valence-corrected chi connectivity index (χ1v) is 8.11. The molecule has 2 aromatic rings. The number of carbonyl (C=O) groups is 1. The molecule has 1 aromatic carbocycles. The predicted octanol–water partition coefficient (Wildman–Crippen LogP) is 2.66. The second kappa shape index (κ2) is 6.92. The fourth-order valence-corrected chi connectivity index (χ4v) is 3.11. The molecule has 0 aliphatic carbocycles. The average molecular weight is 309 g/mol. The molecule has 0 N–H and O–H groups in total. The SMILES string of the molecule is Cc1cc(C)cc(C(=O)N2CCN(Cc3ccccn3)CC2)c1. The van der Waals surface area contributed by atoms with Crippen molar-refractivity contribution in [2.45, 2.75) is 20.4 Å². The van der Waals surface area contributed by atoms with Gasteiger partial charge in [0.1, 0.15) is 0 Å². The lowest BCUT2D eigenvalue weighted by molar-refractivity contribution is 0.0627. The molecule has 0 bridgehead atoms. The summed E-state index contributed by atoms with van der Waals surface area (Å²) >= 11 is 0. The van der Waals surface area contributed by atoms with E-state index in [1.807, 2.05) is 55.3 Å². The third kappa shape index (κ3) is 3.96. The van der Waals surface area contributed by atoms with E-state index in [9.17, 15) is 4.79 Å². The van der Waals surface area contributed by atoms with E-state index in [-0.39, 0.29) is 5.91 Å². The fourth-order valence-electron chi connectivity index (χ4n) is 3.11. The largest absolute Gasteiger partial charge is 0.336 e. The van der Waals surface area contributed by atoms with Crippen LogP contribution in [0.5, 0.6) is 0 Å². The molecule has 0 spiro atoms. The number of benzene rings is 1. The lowest BCUT2D eigenvalue weighted by Crippen LogP contribution is -2.48. The fraction of sp³-hybridized carbons (Fsp3) is 0.368. The van der Waals surface area contributed by atoms with Gasteiger partial charge in [0.05, 0.1) is 5.69 Å². The van der Waals surface area contributed by atoms with Crippen molar-refractivity contribution in [3.8, 4) is 0 Å². The van der Waals surface area contributed by atoms with E-state index < -0.39 is 0 Å². The average Bonchev–Trinajstić information content (AvgIpc) is 2.55. The Hall–Kier alpha value is -2.20. The van der Waals surface area contributed by atoms with Crippen molar-refractivity contribution in [1.82, 2.24) is 14.8 Å². The van der Waals surface area contributed by atoms with Crippen LogP contribution < -0.4 is 0 Å². The van der Waals surface area contributed by atoms with Crippen LogP contribution in [0.1, 0.15) is 27.2 Å². The van der Waals surface area contributed by atoms with E-state index in [4.69, 9.17) is 0 Å². The number of aromatic nitrogens is 1. The summed E-state index contributed by atoms with van der Waals surface area (Å²) in [5.74, 6) is 0.147. The van der Waals surface area contributed by atoms with E-state index in [2.05, 4.69) is 16.0 Å². The van der Waals surface area contributed by atoms with Gasteiger partial charge in [0.15, 0.2) is 0 Å². The van der Waals surface area contributed by atoms with Gasteiger partial charge in [0.2, 0.25) is 0 Å². The molecule has 1 aromatic heterocycles. The van der Waals surface area contributed by atoms with E-state index >= 15 is 0 Å². The van der Waals surface area contributed by atoms with Crippen molar-refractivity contribution in [3.05, 3.63) is 65.0 Å². The normalized spacial score (nSPS) is 15.7. The molecule has 1 amide bonds. The predicted molar refractivity (Wildman–Crippen MR) is 91.3 cm³/mol. The highest BCUT2D eigenvalue weighted by Gasteiger charge is 2.22. The summed E-state index contributed by atoms with van der Waals surface area (Å²) in [6.07, 6.45) is 1.83. The number of piperazine rings is 1. The van der Waals surface area contributed by atoms with Gasteiger partial charge < -0.3 is 4.90 Å². The molecule has 1 aliphatic rings. The van der Waals surface area contributed by atoms with E-state index in [0.717, 1.165) is 55.1 Å². The van der Waals surface area contributed by atoms with Gasteiger partial charge in [-0.1, -0.05) is 23.3 Å². The van der Waals surface area contributed by atoms with E-state index in [0.29, 0.717) is 0 Å². The summed E-state index contributed by atoms with van der Waals surface area (Å²) in [7, 11) is 0. The van der Waals surface area contributed by atoms with Crippen molar-refractivity contribution < 1.29 is 4.79 Å². The number of aryl methyl sites for hydroxylation is 2. The molecule has 23 heavy (non-hydrogen) atoms. The minimum Gasteiger partial charge on any atom is -0.336 e. The van der Waals surface area contributed by atoms with Crippen LogP contribution in [0.4, 0.5) is 0 Å². The van der Waals surface area contributed by atoms with Gasteiger partial charge in [0.25, 0.3) is 5.91 Å². The molecule has 3 rings (SSSR count). The highest BCUT2D eigenvalue weighted by molar-refractivity contribution is 5.94. The minimum atomic E-state index is 0.147. The Morgan fingerprint density at radius 2 is 1.74 bits per heavy atom. The van der Waals surface area contributed by atoms with Crippen LogP contribution in [0.25, 0.3) is 0 Å². The van der Waals surface area contributed by atoms with Gasteiger partial charge >= 0.3 is 0 Å². The highest BCUT2D eigenvalue weighted by atomic mass is 16.2. The third-order valence-electron chi connectivity index (χ3n) is 4.24. The van der Waals surface area contributed by atoms with Crippen molar-refractivity contribution in [3.63, 3.8) is 0 Å². The van der Waals surface area contributed by atoms with Crippen LogP contribution in [0.2, 0.25) is 0 Å². The molecule has 0 radical (unpaired) electrons. The highest BCUT2D eigenvalue weighted by Crippen LogP contribution is 2.14. The zero-order chi connectivity index (χ0) is 16.2. The standard InChI is InChI=1S/C19H23N3O/c1-15-11-16(2)13-17(12-15)19(23)22-9-7-21(8-10-22)14-18-5-3-4-6-20-18/h3-6,11-13H,7-10,14H2,1-2H3. The van der Waals surface area contributed by atoms with Crippen molar-refractivity contribution in [1.29, 1.82) is 0 Å². The molecule has 1 fully saturated rings. The van der Waals surface area contributed by atoms with Crippen LogP contribution in [0, 0.1) is 13.8 Å². The first-order valence-electron chi connectivity index (χ1n) is 8.11. The first-order chi connectivity index (χ1) is 11.1. The van der Waals surface area contributed by atoms with Crippen molar-refractivity contribution in [2.24, 2.45) is 0 Å². The van der Waals surface area contributed by atoms with Crippen molar-refractivity contribution >= 4 is 5.91 Å². The number of carbonyl (C=O) groups excluding carboxylic acids is 1. The van der Waals surface area contributed by atoms with Crippen LogP contribution in [-0.2, 0) is 6.54 Å². The molecule has 0 unspecified atom stereocenters. The first kappa shape index (κ1) is 15.7. The Bertz CT molecular complexity index is 656. The zero-order valence-corrected chi connectivity index (χ0v) is 13.8. The quantitative estimate of drug-likeness (QED) is 0.874. The van der Waals surface area contributed by atoms with Gasteiger partial charge in [-0.15, -0.1) is 0 Å². The Morgan fingerprint density at radius 1 is 1.04 bits per heavy atom. The molecular formula is C19H23N3O. The smallest absolute Gasteiger partial charge is 0.253 e. The van der Waals surface area contributed by atoms with Crippen LogP contribution in [-0.4, -0.2) is 46.9 Å². The van der Waals surface area contributed by atoms with Gasteiger partial charge in [-0.2, -0.15) is 0 Å². The van der Waals surface area contributed by atoms with E-state index in [1.165, 1.54) is 0 Å². The Balaban J connectivity index is 1.59. The van der Waals surface area contributed by atoms with Gasteiger partial charge in [-0.05, 0) is 38.1 Å². The molecule has 0 saturated carbocycles. The summed E-state index contributed by atoms with van der Waals surface area (Å²) in [6, 6.07) is 12.1. The molecule has 4 heteroatoms. The van der Waals surface area contributed by atoms with Crippen LogP contribution >= 0.6 is 0 Å². The topological polar surface area (TPSA) is 36.4 Å². The lowest BCUT2D eigenvalue weighted by atomic mass is 10.1. The third-order valence-corrected chi connectivity index (χ3v) is 4.24. The number of rotatable bonds is 3. The van der Waals surface area contributed by atoms with Gasteiger partial charge in [0, 0.05) is 44.5 Å². The summed E-state index contributed by atoms with van der Waals surface area (Å²) in [5, 5.41) is 0. The monoisotopic (exact) mass is 309 g/mol. The lowest BCUT2D eigenvalue weighted by Gasteiger charge is -2.34. The maximum atomic E-state index is 12.7. The Kier molecular flexibility index (Phi) is 4.72. The summed E-state index contributed by atoms with van der Waals surface area (Å²) in [6.45, 7) is 8.27. The second-order valence-corrected chi connectivity index (χ2v) is 6.27. The minimum absolute atomic E-state index is 0.147. The van der Waals surface area contributed by atoms with Crippen LogP contribution in [0.3, 0.4) is 0 Å². The molecule has 120 valence electrons. The number of hydrogen-bond donors (Lipinski definition) is 0. The number of hydrogen-bond acceptors (Lipinski definition) is 3. The number of amides is 1. The molecule has 1 saturated heterocycles. The molecule has 0 atom stereocenters. The summed E-state index contributed by atoms with van der Waals surface area (Å²) < 4.78 is 0. The Morgan fingerprint density at radius 3 is 2.35 bits per heavy atom. The van der Waals surface area contributed by atoms with Gasteiger partial charge in [-0.3, -0.25) is 14.7 Å². The summed E-state index contributed by atoms with van der Waals surface area (Å²) in [5.41, 5.74) is 4.17. The maximum absolute atomic E-state index is 12.7. The van der Waals surface area contributed by atoms with E-state index in [1.54, 1.807) is 0 Å². The second-order valence-electron chi connectivity index (χ2n) is 6.27. The summed E-state index contributed by atoms with van der Waals surface area (Å²) in [4.78, 5) is 21.4. The van der Waals surface area contributed by atoms with Crippen molar-refractivity contribution in [2.75, 3.05) is 26.2 Å². The molecule has 2 heterocycles. The molecule has 1 aliphatic heterocycles. The Labute approximate surface area is 137 Å². The van der Waals surface area contributed by atoms with Crippen LogP contribution in [0.15, 0.2) is 42.6 Å². The molecule has 4 nitrogen and oxygen atoms in total. The van der Waals surface area contributed by atoms with Gasteiger partial charge in [-0.25, -0.2) is 0 Å². The molecular weight excluding hydrogens is 286 g/mol. The maximum Gasteiger partial charge on any atom is 0.253 e.